The fourth-order valence-electron chi connectivity index (χ4n) is 1.68. The van der Waals surface area contributed by atoms with Crippen molar-refractivity contribution in [2.24, 2.45) is 0 Å². The Bertz CT molecular complexity index is 226. The molecule has 0 aromatic rings. The number of carbonyl (C=O) groups excluding carboxylic acids is 1. The number of amides is 1. The van der Waals surface area contributed by atoms with E-state index in [-0.39, 0.29) is 24.3 Å². The first-order chi connectivity index (χ1) is 7.43. The van der Waals surface area contributed by atoms with Gasteiger partial charge in [0.1, 0.15) is 6.10 Å². The van der Waals surface area contributed by atoms with Gasteiger partial charge in [0.15, 0.2) is 0 Å². The highest BCUT2D eigenvalue weighted by atomic mass is 16.6. The van der Waals surface area contributed by atoms with Crippen LogP contribution in [0.5, 0.6) is 0 Å². The van der Waals surface area contributed by atoms with Crippen molar-refractivity contribution in [3.8, 4) is 0 Å². The first-order valence-electron chi connectivity index (χ1n) is 6.05. The summed E-state index contributed by atoms with van der Waals surface area (Å²) in [6, 6.07) is 0.325. The van der Waals surface area contributed by atoms with Gasteiger partial charge >= 0.3 is 6.09 Å². The van der Waals surface area contributed by atoms with Gasteiger partial charge in [-0.2, -0.15) is 0 Å². The van der Waals surface area contributed by atoms with E-state index in [9.17, 15) is 4.79 Å². The third-order valence-corrected chi connectivity index (χ3v) is 2.39. The van der Waals surface area contributed by atoms with E-state index in [0.29, 0.717) is 0 Å². The standard InChI is InChI=1S/C13H25NO2/c1-7-9-12(8-2)16-13(15)14(10(3)4)11(5)6/h7,9-12H,8H2,1-6H3/b9-7+. The summed E-state index contributed by atoms with van der Waals surface area (Å²) in [5, 5.41) is 0. The van der Waals surface area contributed by atoms with Crippen molar-refractivity contribution in [3.05, 3.63) is 12.2 Å². The van der Waals surface area contributed by atoms with Crippen LogP contribution in [-0.4, -0.2) is 29.2 Å². The zero-order valence-electron chi connectivity index (χ0n) is 11.4. The molecule has 94 valence electrons. The average molecular weight is 227 g/mol. The van der Waals surface area contributed by atoms with Crippen LogP contribution in [0, 0.1) is 0 Å². The van der Waals surface area contributed by atoms with Gasteiger partial charge in [0, 0.05) is 12.1 Å². The lowest BCUT2D eigenvalue weighted by Gasteiger charge is -2.30. The molecule has 16 heavy (non-hydrogen) atoms. The van der Waals surface area contributed by atoms with E-state index in [1.807, 2.05) is 53.7 Å². The van der Waals surface area contributed by atoms with Gasteiger partial charge in [0.2, 0.25) is 0 Å². The minimum atomic E-state index is -0.227. The highest BCUT2D eigenvalue weighted by Crippen LogP contribution is 2.10. The summed E-state index contributed by atoms with van der Waals surface area (Å²) >= 11 is 0. The minimum absolute atomic E-state index is 0.113. The molecule has 0 aliphatic rings. The monoisotopic (exact) mass is 227 g/mol. The Kier molecular flexibility index (Phi) is 6.86. The van der Waals surface area contributed by atoms with Crippen LogP contribution in [0.1, 0.15) is 48.0 Å². The molecule has 0 spiro atoms. The third-order valence-electron chi connectivity index (χ3n) is 2.39. The Labute approximate surface area is 99.5 Å². The molecule has 1 atom stereocenters. The highest BCUT2D eigenvalue weighted by molar-refractivity contribution is 5.68. The fourth-order valence-corrected chi connectivity index (χ4v) is 1.68. The molecule has 0 fully saturated rings. The van der Waals surface area contributed by atoms with Gasteiger partial charge in [-0.1, -0.05) is 13.0 Å². The molecule has 0 heterocycles. The van der Waals surface area contributed by atoms with Crippen molar-refractivity contribution in [2.45, 2.75) is 66.2 Å². The number of allylic oxidation sites excluding steroid dienone is 1. The molecule has 0 aromatic heterocycles. The second kappa shape index (κ2) is 7.31. The number of hydrogen-bond acceptors (Lipinski definition) is 2. The Morgan fingerprint density at radius 2 is 1.75 bits per heavy atom. The normalized spacial score (nSPS) is 13.5. The van der Waals surface area contributed by atoms with Crippen LogP contribution in [0.15, 0.2) is 12.2 Å². The topological polar surface area (TPSA) is 29.5 Å². The van der Waals surface area contributed by atoms with E-state index in [1.165, 1.54) is 0 Å². The highest BCUT2D eigenvalue weighted by Gasteiger charge is 2.23. The van der Waals surface area contributed by atoms with Gasteiger partial charge < -0.3 is 9.64 Å². The molecule has 1 amide bonds. The fraction of sp³-hybridized carbons (Fsp3) is 0.769. The van der Waals surface area contributed by atoms with E-state index in [1.54, 1.807) is 4.90 Å². The summed E-state index contributed by atoms with van der Waals surface area (Å²) in [6.45, 7) is 11.9. The first-order valence-corrected chi connectivity index (χ1v) is 6.05. The number of hydrogen-bond donors (Lipinski definition) is 0. The molecule has 0 aliphatic heterocycles. The molecule has 0 rings (SSSR count). The van der Waals surface area contributed by atoms with Crippen molar-refractivity contribution < 1.29 is 9.53 Å². The summed E-state index contributed by atoms with van der Waals surface area (Å²) in [4.78, 5) is 13.7. The number of ether oxygens (including phenoxy) is 1. The van der Waals surface area contributed by atoms with Crippen molar-refractivity contribution in [1.82, 2.24) is 4.90 Å². The second-order valence-corrected chi connectivity index (χ2v) is 4.45. The number of nitrogens with zero attached hydrogens (tertiary/aromatic N) is 1. The Morgan fingerprint density at radius 3 is 2.06 bits per heavy atom. The average Bonchev–Trinajstić information content (AvgIpc) is 2.15. The van der Waals surface area contributed by atoms with E-state index >= 15 is 0 Å². The number of carbonyl (C=O) groups is 1. The van der Waals surface area contributed by atoms with Gasteiger partial charge in [-0.15, -0.1) is 0 Å². The molecule has 3 heteroatoms. The maximum atomic E-state index is 11.9. The number of rotatable bonds is 5. The summed E-state index contributed by atoms with van der Waals surface area (Å²) in [6.07, 6.45) is 4.29. The van der Waals surface area contributed by atoms with Crippen LogP contribution in [0.2, 0.25) is 0 Å². The molecule has 1 unspecified atom stereocenters. The van der Waals surface area contributed by atoms with Crippen molar-refractivity contribution in [1.29, 1.82) is 0 Å². The van der Waals surface area contributed by atoms with Crippen molar-refractivity contribution in [3.63, 3.8) is 0 Å². The first kappa shape index (κ1) is 15.0. The van der Waals surface area contributed by atoms with Crippen LogP contribution in [-0.2, 0) is 4.74 Å². The molecular weight excluding hydrogens is 202 g/mol. The zero-order chi connectivity index (χ0) is 12.7. The van der Waals surface area contributed by atoms with E-state index < -0.39 is 0 Å². The summed E-state index contributed by atoms with van der Waals surface area (Å²) in [5.41, 5.74) is 0. The van der Waals surface area contributed by atoms with Gasteiger partial charge in [-0.05, 0) is 47.1 Å². The van der Waals surface area contributed by atoms with Gasteiger partial charge in [-0.3, -0.25) is 0 Å². The Hall–Kier alpha value is -0.990. The SMILES string of the molecule is C/C=C/C(CC)OC(=O)N(C(C)C)C(C)C. The lowest BCUT2D eigenvalue weighted by Crippen LogP contribution is -2.43. The molecule has 0 saturated carbocycles. The molecule has 0 bridgehead atoms. The lowest BCUT2D eigenvalue weighted by atomic mass is 10.2. The van der Waals surface area contributed by atoms with Crippen LogP contribution >= 0.6 is 0 Å². The second-order valence-electron chi connectivity index (χ2n) is 4.45. The molecule has 0 aromatic carbocycles. The quantitative estimate of drug-likeness (QED) is 0.672. The van der Waals surface area contributed by atoms with Gasteiger partial charge in [0.05, 0.1) is 0 Å². The third kappa shape index (κ3) is 4.69. The maximum Gasteiger partial charge on any atom is 0.410 e. The maximum absolute atomic E-state index is 11.9. The molecule has 0 aliphatic carbocycles. The minimum Gasteiger partial charge on any atom is -0.442 e. The Morgan fingerprint density at radius 1 is 1.25 bits per heavy atom. The van der Waals surface area contributed by atoms with E-state index in [4.69, 9.17) is 4.74 Å². The molecule has 0 N–H and O–H groups in total. The van der Waals surface area contributed by atoms with Crippen LogP contribution in [0.3, 0.4) is 0 Å². The molecule has 0 saturated heterocycles. The Balaban J connectivity index is 4.51. The van der Waals surface area contributed by atoms with Gasteiger partial charge in [-0.25, -0.2) is 4.79 Å². The van der Waals surface area contributed by atoms with E-state index in [0.717, 1.165) is 6.42 Å². The predicted molar refractivity (Wildman–Crippen MR) is 67.5 cm³/mol. The van der Waals surface area contributed by atoms with Crippen LogP contribution < -0.4 is 0 Å². The zero-order valence-corrected chi connectivity index (χ0v) is 11.4. The largest absolute Gasteiger partial charge is 0.442 e. The summed E-state index contributed by atoms with van der Waals surface area (Å²) < 4.78 is 5.43. The predicted octanol–water partition coefficient (Wildman–Crippen LogP) is 3.60. The molecule has 3 nitrogen and oxygen atoms in total. The van der Waals surface area contributed by atoms with E-state index in [2.05, 4.69) is 0 Å². The summed E-state index contributed by atoms with van der Waals surface area (Å²) in [7, 11) is 0. The van der Waals surface area contributed by atoms with Gasteiger partial charge in [0.25, 0.3) is 0 Å². The van der Waals surface area contributed by atoms with Crippen LogP contribution in [0.4, 0.5) is 4.79 Å². The smallest absolute Gasteiger partial charge is 0.410 e. The molecular formula is C13H25NO2. The molecule has 0 radical (unpaired) electrons. The lowest BCUT2D eigenvalue weighted by molar-refractivity contribution is 0.0591. The van der Waals surface area contributed by atoms with Crippen LogP contribution in [0.25, 0.3) is 0 Å². The van der Waals surface area contributed by atoms with Crippen molar-refractivity contribution in [2.75, 3.05) is 0 Å². The summed E-state index contributed by atoms with van der Waals surface area (Å²) in [5.74, 6) is 0. The van der Waals surface area contributed by atoms with Crippen molar-refractivity contribution >= 4 is 6.09 Å².